The lowest BCUT2D eigenvalue weighted by molar-refractivity contribution is -0.116. The number of hydrogen-bond acceptors (Lipinski definition) is 3. The van der Waals surface area contributed by atoms with E-state index in [0.29, 0.717) is 11.3 Å². The number of nitrogens with zero attached hydrogens (tertiary/aromatic N) is 1. The molecule has 0 atom stereocenters. The van der Waals surface area contributed by atoms with Crippen LogP contribution in [-0.4, -0.2) is 43.4 Å². The average molecular weight is 382 g/mol. The Kier molecular flexibility index (Phi) is 6.76. The summed E-state index contributed by atoms with van der Waals surface area (Å²) in [7, 11) is 3.11. The predicted octanol–water partition coefficient (Wildman–Crippen LogP) is 3.07. The van der Waals surface area contributed by atoms with Gasteiger partial charge in [0, 0.05) is 31.0 Å². The fraction of sp³-hybridized carbons (Fsp3) is 0.286. The van der Waals surface area contributed by atoms with Gasteiger partial charge < -0.3 is 20.9 Å². The molecule has 0 heterocycles. The topological polar surface area (TPSA) is 90.5 Å². The summed E-state index contributed by atoms with van der Waals surface area (Å²) in [6.07, 6.45) is 0. The second kappa shape index (κ2) is 9.03. The Hall–Kier alpha value is -3.35. The van der Waals surface area contributed by atoms with Crippen LogP contribution >= 0.6 is 0 Å². The van der Waals surface area contributed by atoms with Crippen molar-refractivity contribution in [2.45, 2.75) is 20.8 Å². The van der Waals surface area contributed by atoms with Crippen LogP contribution in [0.2, 0.25) is 0 Å². The maximum atomic E-state index is 12.4. The summed E-state index contributed by atoms with van der Waals surface area (Å²) in [6.45, 7) is 5.55. The minimum absolute atomic E-state index is 0.0883. The molecule has 0 saturated carbocycles. The first kappa shape index (κ1) is 21.0. The Morgan fingerprint density at radius 1 is 0.929 bits per heavy atom. The molecular formula is C21H26N4O3. The number of rotatable bonds is 5. The molecule has 0 fully saturated rings. The first-order valence-corrected chi connectivity index (χ1v) is 8.94. The van der Waals surface area contributed by atoms with Gasteiger partial charge in [-0.1, -0.05) is 18.2 Å². The zero-order chi connectivity index (χ0) is 20.8. The fourth-order valence-electron chi connectivity index (χ4n) is 2.78. The summed E-state index contributed by atoms with van der Waals surface area (Å²) in [5.74, 6) is -0.469. The molecule has 0 radical (unpaired) electrons. The maximum absolute atomic E-state index is 12.4. The second-order valence-corrected chi connectivity index (χ2v) is 6.71. The van der Waals surface area contributed by atoms with Crippen molar-refractivity contribution in [1.29, 1.82) is 0 Å². The monoisotopic (exact) mass is 382 g/mol. The molecule has 0 aliphatic rings. The highest BCUT2D eigenvalue weighted by Gasteiger charge is 2.16. The van der Waals surface area contributed by atoms with E-state index in [1.54, 1.807) is 39.2 Å². The first-order chi connectivity index (χ1) is 13.2. The van der Waals surface area contributed by atoms with Gasteiger partial charge in [0.1, 0.15) is 6.54 Å². The molecule has 0 bridgehead atoms. The number of hydrogen-bond donors (Lipinski definition) is 3. The van der Waals surface area contributed by atoms with E-state index in [-0.39, 0.29) is 18.4 Å². The molecular weight excluding hydrogens is 356 g/mol. The van der Waals surface area contributed by atoms with Crippen LogP contribution < -0.4 is 16.0 Å². The molecule has 3 N–H and O–H groups in total. The van der Waals surface area contributed by atoms with E-state index in [1.807, 2.05) is 32.0 Å². The summed E-state index contributed by atoms with van der Waals surface area (Å²) in [4.78, 5) is 37.7. The Bertz CT molecular complexity index is 888. The van der Waals surface area contributed by atoms with E-state index in [4.69, 9.17) is 0 Å². The molecule has 0 aliphatic carbocycles. The normalized spacial score (nSPS) is 10.2. The molecule has 0 unspecified atom stereocenters. The Morgan fingerprint density at radius 3 is 2.14 bits per heavy atom. The third-order valence-corrected chi connectivity index (χ3v) is 4.43. The van der Waals surface area contributed by atoms with Crippen LogP contribution in [0.1, 0.15) is 27.0 Å². The molecule has 28 heavy (non-hydrogen) atoms. The van der Waals surface area contributed by atoms with Crippen molar-refractivity contribution in [2.75, 3.05) is 31.3 Å². The van der Waals surface area contributed by atoms with Crippen molar-refractivity contribution < 1.29 is 14.4 Å². The Morgan fingerprint density at radius 2 is 1.57 bits per heavy atom. The van der Waals surface area contributed by atoms with Crippen molar-refractivity contribution in [1.82, 2.24) is 10.2 Å². The highest BCUT2D eigenvalue weighted by molar-refractivity contribution is 5.99. The van der Waals surface area contributed by atoms with E-state index >= 15 is 0 Å². The summed E-state index contributed by atoms with van der Waals surface area (Å²) < 4.78 is 0. The van der Waals surface area contributed by atoms with Crippen LogP contribution in [0, 0.1) is 20.8 Å². The third-order valence-electron chi connectivity index (χ3n) is 4.43. The molecule has 0 aromatic heterocycles. The van der Waals surface area contributed by atoms with Gasteiger partial charge in [-0.2, -0.15) is 0 Å². The van der Waals surface area contributed by atoms with Crippen LogP contribution in [-0.2, 0) is 4.79 Å². The zero-order valence-electron chi connectivity index (χ0n) is 16.8. The molecule has 4 amide bonds. The first-order valence-electron chi connectivity index (χ1n) is 8.94. The van der Waals surface area contributed by atoms with Gasteiger partial charge >= 0.3 is 6.03 Å². The number of carbonyl (C=O) groups is 3. The second-order valence-electron chi connectivity index (χ2n) is 6.71. The van der Waals surface area contributed by atoms with Crippen LogP contribution in [0.3, 0.4) is 0 Å². The number of likely N-dealkylation sites (N-methyl/N-ethyl adjacent to an activating group) is 1. The number of para-hydroxylation sites is 1. The molecule has 0 aliphatic heterocycles. The van der Waals surface area contributed by atoms with E-state index in [1.165, 1.54) is 4.90 Å². The van der Waals surface area contributed by atoms with Gasteiger partial charge in [-0.25, -0.2) is 4.79 Å². The van der Waals surface area contributed by atoms with Gasteiger partial charge in [0.2, 0.25) is 5.91 Å². The average Bonchev–Trinajstić information content (AvgIpc) is 2.65. The number of anilines is 2. The lowest BCUT2D eigenvalue weighted by atomic mass is 10.1. The minimum atomic E-state index is -0.410. The van der Waals surface area contributed by atoms with E-state index < -0.39 is 6.03 Å². The summed E-state index contributed by atoms with van der Waals surface area (Å²) in [5.41, 5.74) is 4.54. The van der Waals surface area contributed by atoms with Gasteiger partial charge in [-0.15, -0.1) is 0 Å². The molecule has 2 rings (SSSR count). The van der Waals surface area contributed by atoms with Crippen molar-refractivity contribution in [2.24, 2.45) is 0 Å². The van der Waals surface area contributed by atoms with E-state index in [2.05, 4.69) is 16.0 Å². The summed E-state index contributed by atoms with van der Waals surface area (Å²) in [5, 5.41) is 8.18. The van der Waals surface area contributed by atoms with Crippen molar-refractivity contribution >= 4 is 29.2 Å². The van der Waals surface area contributed by atoms with Crippen molar-refractivity contribution in [3.8, 4) is 0 Å². The molecule has 2 aromatic rings. The number of aryl methyl sites for hydroxylation is 3. The van der Waals surface area contributed by atoms with Crippen LogP contribution in [0.15, 0.2) is 36.4 Å². The maximum Gasteiger partial charge on any atom is 0.322 e. The lowest BCUT2D eigenvalue weighted by Crippen LogP contribution is -2.38. The number of carbonyl (C=O) groups excluding carboxylic acids is 3. The fourth-order valence-corrected chi connectivity index (χ4v) is 2.78. The molecule has 7 heteroatoms. The molecule has 2 aromatic carbocycles. The Labute approximate surface area is 165 Å². The molecule has 0 spiro atoms. The number of nitrogens with one attached hydrogen (secondary N) is 3. The summed E-state index contributed by atoms with van der Waals surface area (Å²) >= 11 is 0. The highest BCUT2D eigenvalue weighted by Crippen LogP contribution is 2.20. The smallest absolute Gasteiger partial charge is 0.322 e. The highest BCUT2D eigenvalue weighted by atomic mass is 16.2. The lowest BCUT2D eigenvalue weighted by Gasteiger charge is -2.19. The Balaban J connectivity index is 1.99. The van der Waals surface area contributed by atoms with Gasteiger partial charge in [0.05, 0.1) is 0 Å². The SMILES string of the molecule is CNC(=O)c1ccc(NC(=O)N(C)CC(=O)Nc2c(C)cccc2C)c(C)c1. The van der Waals surface area contributed by atoms with Crippen molar-refractivity contribution in [3.05, 3.63) is 58.7 Å². The van der Waals surface area contributed by atoms with Gasteiger partial charge in [-0.3, -0.25) is 9.59 Å². The predicted molar refractivity (Wildman–Crippen MR) is 111 cm³/mol. The van der Waals surface area contributed by atoms with E-state index in [0.717, 1.165) is 22.4 Å². The van der Waals surface area contributed by atoms with Crippen LogP contribution in [0.5, 0.6) is 0 Å². The molecule has 7 nitrogen and oxygen atoms in total. The minimum Gasteiger partial charge on any atom is -0.355 e. The van der Waals surface area contributed by atoms with Gasteiger partial charge in [0.15, 0.2) is 0 Å². The summed E-state index contributed by atoms with van der Waals surface area (Å²) in [6, 6.07) is 10.4. The quantitative estimate of drug-likeness (QED) is 0.742. The number of amides is 4. The van der Waals surface area contributed by atoms with Gasteiger partial charge in [-0.05, 0) is 55.7 Å². The third kappa shape index (κ3) is 5.09. The van der Waals surface area contributed by atoms with E-state index in [9.17, 15) is 14.4 Å². The van der Waals surface area contributed by atoms with Crippen LogP contribution in [0.25, 0.3) is 0 Å². The zero-order valence-corrected chi connectivity index (χ0v) is 16.8. The van der Waals surface area contributed by atoms with Crippen molar-refractivity contribution in [3.63, 3.8) is 0 Å². The van der Waals surface area contributed by atoms with Gasteiger partial charge in [0.25, 0.3) is 5.91 Å². The number of benzene rings is 2. The standard InChI is InChI=1S/C21H26N4O3/c1-13-7-6-8-14(2)19(13)24-18(26)12-25(5)21(28)23-17-10-9-16(11-15(17)3)20(27)22-4/h6-11H,12H2,1-5H3,(H,22,27)(H,23,28)(H,24,26). The molecule has 0 saturated heterocycles. The molecule has 148 valence electrons. The number of urea groups is 1. The van der Waals surface area contributed by atoms with Crippen LogP contribution in [0.4, 0.5) is 16.2 Å². The largest absolute Gasteiger partial charge is 0.355 e.